The Hall–Kier alpha value is -2.10. The average molecular weight is 270 g/mol. The zero-order valence-corrected chi connectivity index (χ0v) is 12.6. The van der Waals surface area contributed by atoms with E-state index in [9.17, 15) is 0 Å². The van der Waals surface area contributed by atoms with Gasteiger partial charge in [0.2, 0.25) is 0 Å². The van der Waals surface area contributed by atoms with Crippen LogP contribution in [0.4, 0.5) is 17.3 Å². The van der Waals surface area contributed by atoms with Gasteiger partial charge in [-0.25, -0.2) is 9.97 Å². The van der Waals surface area contributed by atoms with Crippen molar-refractivity contribution in [2.75, 3.05) is 23.8 Å². The van der Waals surface area contributed by atoms with Crippen LogP contribution in [0.15, 0.2) is 30.6 Å². The number of nitrogens with zero attached hydrogens (tertiary/aromatic N) is 3. The number of aromatic nitrogens is 2. The quantitative estimate of drug-likeness (QED) is 0.899. The van der Waals surface area contributed by atoms with Crippen LogP contribution in [0, 0.1) is 13.8 Å². The minimum Gasteiger partial charge on any atom is -0.370 e. The lowest BCUT2D eigenvalue weighted by Crippen LogP contribution is -2.15. The van der Waals surface area contributed by atoms with Gasteiger partial charge in [-0.2, -0.15) is 0 Å². The molecule has 0 saturated carbocycles. The molecule has 2 rings (SSSR count). The highest BCUT2D eigenvalue weighted by Crippen LogP contribution is 2.27. The number of hydrogen-bond donors (Lipinski definition) is 1. The standard InChI is InChI=1S/C16H22N4/c1-5-10-17-15-13(3)16(19-11-18-15)20(4)14-8-6-12(2)7-9-14/h6-9,11H,5,10H2,1-4H3,(H,17,18,19). The van der Waals surface area contributed by atoms with Gasteiger partial charge in [0.05, 0.1) is 0 Å². The Balaban J connectivity index is 2.29. The van der Waals surface area contributed by atoms with Crippen LogP contribution in [0.1, 0.15) is 24.5 Å². The monoisotopic (exact) mass is 270 g/mol. The summed E-state index contributed by atoms with van der Waals surface area (Å²) in [4.78, 5) is 10.8. The normalized spacial score (nSPS) is 10.4. The lowest BCUT2D eigenvalue weighted by Gasteiger charge is -2.21. The number of anilines is 3. The summed E-state index contributed by atoms with van der Waals surface area (Å²) < 4.78 is 0. The largest absolute Gasteiger partial charge is 0.370 e. The molecule has 0 saturated heterocycles. The Bertz CT molecular complexity index is 563. The van der Waals surface area contributed by atoms with Gasteiger partial charge in [-0.05, 0) is 32.4 Å². The van der Waals surface area contributed by atoms with Gasteiger partial charge in [0.15, 0.2) is 0 Å². The van der Waals surface area contributed by atoms with Crippen LogP contribution in [0.5, 0.6) is 0 Å². The van der Waals surface area contributed by atoms with E-state index in [0.717, 1.165) is 35.9 Å². The average Bonchev–Trinajstić information content (AvgIpc) is 2.46. The van der Waals surface area contributed by atoms with E-state index >= 15 is 0 Å². The van der Waals surface area contributed by atoms with Crippen molar-refractivity contribution in [1.82, 2.24) is 9.97 Å². The van der Waals surface area contributed by atoms with Gasteiger partial charge in [0.1, 0.15) is 18.0 Å². The molecule has 4 heteroatoms. The predicted octanol–water partition coefficient (Wildman–Crippen LogP) is 3.68. The summed E-state index contributed by atoms with van der Waals surface area (Å²) in [6.07, 6.45) is 2.69. The summed E-state index contributed by atoms with van der Waals surface area (Å²) >= 11 is 0. The van der Waals surface area contributed by atoms with Crippen LogP contribution in [-0.2, 0) is 0 Å². The van der Waals surface area contributed by atoms with E-state index in [2.05, 4.69) is 65.2 Å². The highest BCUT2D eigenvalue weighted by atomic mass is 15.2. The molecule has 1 aromatic carbocycles. The van der Waals surface area contributed by atoms with Crippen molar-refractivity contribution in [2.24, 2.45) is 0 Å². The molecule has 0 radical (unpaired) electrons. The first-order chi connectivity index (χ1) is 9.63. The van der Waals surface area contributed by atoms with Crippen LogP contribution < -0.4 is 10.2 Å². The van der Waals surface area contributed by atoms with Gasteiger partial charge >= 0.3 is 0 Å². The highest BCUT2D eigenvalue weighted by Gasteiger charge is 2.12. The Morgan fingerprint density at radius 2 is 1.80 bits per heavy atom. The maximum absolute atomic E-state index is 4.42. The molecule has 0 amide bonds. The Labute approximate surface area is 120 Å². The van der Waals surface area contributed by atoms with Crippen molar-refractivity contribution in [1.29, 1.82) is 0 Å². The molecule has 0 spiro atoms. The molecule has 1 heterocycles. The van der Waals surface area contributed by atoms with Crippen molar-refractivity contribution >= 4 is 17.3 Å². The van der Waals surface area contributed by atoms with Crippen LogP contribution in [-0.4, -0.2) is 23.6 Å². The summed E-state index contributed by atoms with van der Waals surface area (Å²) in [7, 11) is 2.03. The van der Waals surface area contributed by atoms with Gasteiger partial charge < -0.3 is 10.2 Å². The fourth-order valence-corrected chi connectivity index (χ4v) is 2.09. The van der Waals surface area contributed by atoms with Crippen molar-refractivity contribution in [3.8, 4) is 0 Å². The lowest BCUT2D eigenvalue weighted by molar-refractivity contribution is 0.954. The second kappa shape index (κ2) is 6.37. The van der Waals surface area contributed by atoms with E-state index in [1.807, 2.05) is 7.05 Å². The van der Waals surface area contributed by atoms with Gasteiger partial charge in [0.25, 0.3) is 0 Å². The number of hydrogen-bond acceptors (Lipinski definition) is 4. The van der Waals surface area contributed by atoms with Crippen LogP contribution in [0.25, 0.3) is 0 Å². The van der Waals surface area contributed by atoms with Crippen LogP contribution in [0.3, 0.4) is 0 Å². The van der Waals surface area contributed by atoms with E-state index in [0.29, 0.717) is 0 Å². The van der Waals surface area contributed by atoms with Crippen LogP contribution >= 0.6 is 0 Å². The van der Waals surface area contributed by atoms with Gasteiger partial charge in [-0.3, -0.25) is 0 Å². The van der Waals surface area contributed by atoms with Crippen molar-refractivity contribution in [2.45, 2.75) is 27.2 Å². The Morgan fingerprint density at radius 3 is 2.45 bits per heavy atom. The van der Waals surface area contributed by atoms with E-state index in [4.69, 9.17) is 0 Å². The number of nitrogens with one attached hydrogen (secondary N) is 1. The van der Waals surface area contributed by atoms with Crippen LogP contribution in [0.2, 0.25) is 0 Å². The Kier molecular flexibility index (Phi) is 4.56. The van der Waals surface area contributed by atoms with Gasteiger partial charge in [0, 0.05) is 24.8 Å². The number of aryl methyl sites for hydroxylation is 1. The second-order valence-corrected chi connectivity index (χ2v) is 4.99. The second-order valence-electron chi connectivity index (χ2n) is 4.99. The zero-order valence-electron chi connectivity index (χ0n) is 12.6. The lowest BCUT2D eigenvalue weighted by atomic mass is 10.2. The smallest absolute Gasteiger partial charge is 0.141 e. The van der Waals surface area contributed by atoms with Gasteiger partial charge in [-0.15, -0.1) is 0 Å². The fourth-order valence-electron chi connectivity index (χ4n) is 2.09. The molecule has 0 unspecified atom stereocenters. The molecule has 4 nitrogen and oxygen atoms in total. The zero-order chi connectivity index (χ0) is 14.5. The first-order valence-electron chi connectivity index (χ1n) is 6.99. The molecule has 106 valence electrons. The maximum atomic E-state index is 4.42. The molecule has 0 aliphatic heterocycles. The number of rotatable bonds is 5. The molecule has 0 bridgehead atoms. The molecule has 0 aliphatic rings. The first-order valence-corrected chi connectivity index (χ1v) is 6.99. The summed E-state index contributed by atoms with van der Waals surface area (Å²) in [6, 6.07) is 8.43. The first kappa shape index (κ1) is 14.3. The third-order valence-corrected chi connectivity index (χ3v) is 3.34. The van der Waals surface area contributed by atoms with Crippen molar-refractivity contribution < 1.29 is 0 Å². The summed E-state index contributed by atoms with van der Waals surface area (Å²) in [6.45, 7) is 7.21. The molecule has 20 heavy (non-hydrogen) atoms. The van der Waals surface area contributed by atoms with E-state index < -0.39 is 0 Å². The van der Waals surface area contributed by atoms with E-state index in [-0.39, 0.29) is 0 Å². The molecule has 0 fully saturated rings. The predicted molar refractivity (Wildman–Crippen MR) is 84.8 cm³/mol. The minimum absolute atomic E-state index is 0.913. The third kappa shape index (κ3) is 3.07. The van der Waals surface area contributed by atoms with Crippen molar-refractivity contribution in [3.05, 3.63) is 41.7 Å². The van der Waals surface area contributed by atoms with E-state index in [1.54, 1.807) is 6.33 Å². The molecule has 2 aromatic rings. The molecular weight excluding hydrogens is 248 g/mol. The summed E-state index contributed by atoms with van der Waals surface area (Å²) in [5, 5.41) is 3.34. The molecule has 1 N–H and O–H groups in total. The topological polar surface area (TPSA) is 41.1 Å². The Morgan fingerprint density at radius 1 is 1.10 bits per heavy atom. The molecule has 0 atom stereocenters. The molecule has 0 aliphatic carbocycles. The van der Waals surface area contributed by atoms with E-state index in [1.165, 1.54) is 5.56 Å². The van der Waals surface area contributed by atoms with Gasteiger partial charge in [-0.1, -0.05) is 24.6 Å². The summed E-state index contributed by atoms with van der Waals surface area (Å²) in [5.74, 6) is 1.85. The third-order valence-electron chi connectivity index (χ3n) is 3.34. The SMILES string of the molecule is CCCNc1ncnc(N(C)c2ccc(C)cc2)c1C. The number of benzene rings is 1. The van der Waals surface area contributed by atoms with Crippen molar-refractivity contribution in [3.63, 3.8) is 0 Å². The minimum atomic E-state index is 0.913. The molecule has 1 aromatic heterocycles. The maximum Gasteiger partial charge on any atom is 0.141 e. The summed E-state index contributed by atoms with van der Waals surface area (Å²) in [5.41, 5.74) is 3.45. The fraction of sp³-hybridized carbons (Fsp3) is 0.375. The molecular formula is C16H22N4. The highest BCUT2D eigenvalue weighted by molar-refractivity contribution is 5.66.